The highest BCUT2D eigenvalue weighted by molar-refractivity contribution is 8.13. The second kappa shape index (κ2) is 19.3. The third-order valence-electron chi connectivity index (χ3n) is 8.70. The number of hydrogen-bond acceptors (Lipinski definition) is 20. The molecule has 318 valence electrons. The summed E-state index contributed by atoms with van der Waals surface area (Å²) in [4.78, 5) is 96.0. The summed E-state index contributed by atoms with van der Waals surface area (Å²) in [7, 11) is -10.3. The molecule has 0 bridgehead atoms. The number of phosphoric ester groups is 2. The number of allylic oxidation sites excluding steroid dienone is 1. The number of aromatic nitrogens is 6. The van der Waals surface area contributed by atoms with Gasteiger partial charge in [0.1, 0.15) is 54.3 Å². The molecule has 28 heteroatoms. The predicted octanol–water partition coefficient (Wildman–Crippen LogP) is -0.562. The molecule has 2 fully saturated rings. The van der Waals surface area contributed by atoms with Crippen molar-refractivity contribution in [1.82, 2.24) is 34.4 Å². The van der Waals surface area contributed by atoms with E-state index in [1.54, 1.807) is 6.26 Å². The van der Waals surface area contributed by atoms with Crippen LogP contribution in [0.25, 0.3) is 11.2 Å². The van der Waals surface area contributed by atoms with Crippen LogP contribution in [-0.2, 0) is 51.3 Å². The Kier molecular flexibility index (Phi) is 14.9. The molecule has 58 heavy (non-hydrogen) atoms. The highest BCUT2D eigenvalue weighted by atomic mass is 32.2. The van der Waals surface area contributed by atoms with Gasteiger partial charge in [-0.25, -0.2) is 33.7 Å². The number of nitrogens with two attached hydrogens (primary N) is 2. The molecule has 2 saturated heterocycles. The molecular formula is C30H41N9O16P2S. The monoisotopic (exact) mass is 877 g/mol. The van der Waals surface area contributed by atoms with Crippen molar-refractivity contribution in [3.63, 3.8) is 0 Å². The molecule has 9 N–H and O–H groups in total. The molecule has 2 aliphatic rings. The molecule has 3 aromatic heterocycles. The minimum absolute atomic E-state index is 0.00699. The maximum Gasteiger partial charge on any atom is 0.472 e. The molecule has 3 aromatic rings. The SMILES string of the molecule is C=CCCC(=O)N[C@H](CCC(=O)SC)C(=O)OC1C(COP(=O)(O)O[C@H]2C[C@H](n3ccc(N)nc3=O)O[C@@H]2COP(=O)(O)O)OC(n2cnc3c(N)ncnc32)C1O. The van der Waals surface area contributed by atoms with Gasteiger partial charge in [-0.15, -0.1) is 6.58 Å². The van der Waals surface area contributed by atoms with Gasteiger partial charge in [-0.2, -0.15) is 4.98 Å². The predicted molar refractivity (Wildman–Crippen MR) is 199 cm³/mol. The van der Waals surface area contributed by atoms with Gasteiger partial charge in [0.15, 0.2) is 28.9 Å². The molecule has 25 nitrogen and oxygen atoms in total. The minimum atomic E-state index is -5.23. The second-order valence-electron chi connectivity index (χ2n) is 12.7. The number of nitrogens with one attached hydrogen (secondary N) is 1. The zero-order chi connectivity index (χ0) is 42.4. The van der Waals surface area contributed by atoms with E-state index < -0.39 is 95.4 Å². The van der Waals surface area contributed by atoms with Crippen molar-refractivity contribution in [2.45, 2.75) is 81.1 Å². The van der Waals surface area contributed by atoms with E-state index >= 15 is 0 Å². The minimum Gasteiger partial charge on any atom is -0.455 e. The Hall–Kier alpha value is -4.17. The number of thioether (sulfide) groups is 1. The number of hydrogen-bond donors (Lipinski definition) is 7. The van der Waals surface area contributed by atoms with E-state index in [0.29, 0.717) is 0 Å². The zero-order valence-corrected chi connectivity index (χ0v) is 33.1. The maximum atomic E-state index is 13.7. The second-order valence-corrected chi connectivity index (χ2v) is 16.2. The molecular weight excluding hydrogens is 836 g/mol. The van der Waals surface area contributed by atoms with Crippen LogP contribution in [0.15, 0.2) is 42.4 Å². The Labute approximate surface area is 332 Å². The number of carbonyl (C=O) groups excluding carboxylic acids is 3. The first-order valence-corrected chi connectivity index (χ1v) is 21.4. The fourth-order valence-corrected chi connectivity index (χ4v) is 7.55. The van der Waals surface area contributed by atoms with Gasteiger partial charge in [0, 0.05) is 25.5 Å². The Balaban J connectivity index is 1.37. The molecule has 1 amide bonds. The van der Waals surface area contributed by atoms with Crippen molar-refractivity contribution >= 4 is 67.2 Å². The average Bonchev–Trinajstić information content (AvgIpc) is 3.85. The van der Waals surface area contributed by atoms with Crippen LogP contribution in [0.1, 0.15) is 44.6 Å². The fourth-order valence-electron chi connectivity index (χ4n) is 5.93. The lowest BCUT2D eigenvalue weighted by Crippen LogP contribution is -2.46. The van der Waals surface area contributed by atoms with Gasteiger partial charge in [0.25, 0.3) is 0 Å². The van der Waals surface area contributed by atoms with E-state index in [1.807, 2.05) is 0 Å². The van der Waals surface area contributed by atoms with Crippen LogP contribution in [0, 0.1) is 0 Å². The van der Waals surface area contributed by atoms with Crippen LogP contribution in [0.4, 0.5) is 11.6 Å². The standard InChI is InChI=1S/C30H41N9O16P2S/c1-3-4-5-20(40)36-15(6-7-22(41)58-2)29(43)54-25-18(53-28(24(25)42)39-14-35-23-26(32)33-13-34-27(23)39)12-51-57(48,49)55-16-10-21(38-9-8-19(31)37-30(38)44)52-17(16)11-50-56(45,46)47/h3,8-9,13-18,21,24-25,28,42H,1,4-7,10-12H2,2H3,(H,36,40)(H,48,49)(H2,31,37,44)(H2,32,33,34)(H2,45,46,47)/t15-,16+,17-,18?,21-,24?,25?,28?/m1/s1. The number of fused-ring (bicyclic) bond motifs is 1. The summed E-state index contributed by atoms with van der Waals surface area (Å²) >= 11 is 0.914. The average molecular weight is 878 g/mol. The van der Waals surface area contributed by atoms with Crippen molar-refractivity contribution < 1.29 is 71.1 Å². The van der Waals surface area contributed by atoms with Crippen molar-refractivity contribution in [2.24, 2.45) is 0 Å². The summed E-state index contributed by atoms with van der Waals surface area (Å²) in [6, 6.07) is -0.106. The topological polar surface area (TPSA) is 364 Å². The number of nitrogen functional groups attached to an aromatic ring is 2. The number of anilines is 2. The van der Waals surface area contributed by atoms with Crippen LogP contribution in [0.5, 0.6) is 0 Å². The van der Waals surface area contributed by atoms with Crippen LogP contribution in [0.3, 0.4) is 0 Å². The molecule has 2 aliphatic heterocycles. The lowest BCUT2D eigenvalue weighted by molar-refractivity contribution is -0.160. The highest BCUT2D eigenvalue weighted by Crippen LogP contribution is 2.50. The number of imidazole rings is 1. The van der Waals surface area contributed by atoms with Gasteiger partial charge < -0.3 is 50.8 Å². The molecule has 5 rings (SSSR count). The van der Waals surface area contributed by atoms with Crippen molar-refractivity contribution in [2.75, 3.05) is 30.9 Å². The van der Waals surface area contributed by atoms with E-state index in [9.17, 15) is 48.1 Å². The largest absolute Gasteiger partial charge is 0.472 e. The van der Waals surface area contributed by atoms with Crippen molar-refractivity contribution in [3.05, 3.63) is 48.1 Å². The van der Waals surface area contributed by atoms with Gasteiger partial charge in [-0.1, -0.05) is 17.8 Å². The first kappa shape index (κ1) is 44.9. The summed E-state index contributed by atoms with van der Waals surface area (Å²) in [6.07, 6.45) is -4.40. The quantitative estimate of drug-likeness (QED) is 0.0451. The number of esters is 1. The lowest BCUT2D eigenvalue weighted by Gasteiger charge is -2.25. The summed E-state index contributed by atoms with van der Waals surface area (Å²) in [5.41, 5.74) is 10.8. The van der Waals surface area contributed by atoms with E-state index in [0.717, 1.165) is 22.7 Å². The summed E-state index contributed by atoms with van der Waals surface area (Å²) < 4.78 is 59.7. The molecule has 0 aromatic carbocycles. The molecule has 9 atom stereocenters. The number of ether oxygens (including phenoxy) is 3. The number of carbonyl (C=O) groups is 3. The Morgan fingerprint density at radius 3 is 2.53 bits per heavy atom. The number of phosphoric acid groups is 2. The van der Waals surface area contributed by atoms with Crippen LogP contribution >= 0.6 is 27.4 Å². The first-order valence-electron chi connectivity index (χ1n) is 17.2. The number of amides is 1. The molecule has 5 unspecified atom stereocenters. The Bertz CT molecular complexity index is 2140. The van der Waals surface area contributed by atoms with Gasteiger partial charge in [0.05, 0.1) is 19.5 Å². The van der Waals surface area contributed by atoms with Crippen molar-refractivity contribution in [1.29, 1.82) is 0 Å². The van der Waals surface area contributed by atoms with Crippen LogP contribution < -0.4 is 22.5 Å². The smallest absolute Gasteiger partial charge is 0.455 e. The summed E-state index contributed by atoms with van der Waals surface area (Å²) in [5, 5.41) is 13.8. The molecule has 0 radical (unpaired) electrons. The number of aliphatic hydroxyl groups is 1. The fraction of sp³-hybridized carbons (Fsp3) is 0.533. The molecule has 0 aliphatic carbocycles. The van der Waals surface area contributed by atoms with E-state index in [1.165, 1.54) is 29.2 Å². The number of nitrogens with zero attached hydrogens (tertiary/aromatic N) is 6. The number of rotatable bonds is 19. The third kappa shape index (κ3) is 11.5. The number of aliphatic hydroxyl groups excluding tert-OH is 1. The van der Waals surface area contributed by atoms with Gasteiger partial charge in [-0.3, -0.25) is 32.3 Å². The van der Waals surface area contributed by atoms with E-state index in [2.05, 4.69) is 36.4 Å². The molecule has 0 spiro atoms. The maximum absolute atomic E-state index is 13.7. The zero-order valence-electron chi connectivity index (χ0n) is 30.5. The van der Waals surface area contributed by atoms with Gasteiger partial charge >= 0.3 is 27.3 Å². The Morgan fingerprint density at radius 1 is 1.10 bits per heavy atom. The van der Waals surface area contributed by atoms with Crippen LogP contribution in [0.2, 0.25) is 0 Å². The molecule has 0 saturated carbocycles. The first-order chi connectivity index (χ1) is 27.4. The summed E-state index contributed by atoms with van der Waals surface area (Å²) in [6.45, 7) is 1.79. The summed E-state index contributed by atoms with van der Waals surface area (Å²) in [5.74, 6) is -1.76. The third-order valence-corrected chi connectivity index (χ3v) is 10.9. The van der Waals surface area contributed by atoms with E-state index in [-0.39, 0.29) is 60.0 Å². The Morgan fingerprint density at radius 2 is 1.84 bits per heavy atom. The highest BCUT2D eigenvalue weighted by Gasteiger charge is 2.50. The van der Waals surface area contributed by atoms with Crippen molar-refractivity contribution in [3.8, 4) is 0 Å². The normalized spacial score (nSPS) is 24.9. The van der Waals surface area contributed by atoms with Gasteiger partial charge in [0.2, 0.25) is 5.91 Å². The van der Waals surface area contributed by atoms with Gasteiger partial charge in [-0.05, 0) is 25.2 Å². The van der Waals surface area contributed by atoms with Crippen LogP contribution in [-0.4, -0.2) is 122 Å². The van der Waals surface area contributed by atoms with E-state index in [4.69, 9.17) is 34.7 Å². The lowest BCUT2D eigenvalue weighted by atomic mass is 10.1. The molecule has 5 heterocycles.